The lowest BCUT2D eigenvalue weighted by Crippen LogP contribution is -2.39. The van der Waals surface area contributed by atoms with E-state index in [1.54, 1.807) is 32.4 Å². The smallest absolute Gasteiger partial charge is 0.234 e. The van der Waals surface area contributed by atoms with Gasteiger partial charge in [-0.3, -0.25) is 9.79 Å². The van der Waals surface area contributed by atoms with Gasteiger partial charge in [0.1, 0.15) is 11.5 Å². The molecule has 4 rings (SSSR count). The number of benzene rings is 2. The van der Waals surface area contributed by atoms with Crippen LogP contribution in [0.25, 0.3) is 0 Å². The summed E-state index contributed by atoms with van der Waals surface area (Å²) in [4.78, 5) is 19.3. The highest BCUT2D eigenvalue weighted by Crippen LogP contribution is 2.41. The van der Waals surface area contributed by atoms with Gasteiger partial charge in [0, 0.05) is 11.8 Å². The van der Waals surface area contributed by atoms with Crippen molar-refractivity contribution in [1.82, 2.24) is 0 Å². The molecule has 0 bridgehead atoms. The van der Waals surface area contributed by atoms with E-state index in [-0.39, 0.29) is 35.2 Å². The zero-order valence-electron chi connectivity index (χ0n) is 19.0. The fourth-order valence-electron chi connectivity index (χ4n) is 4.09. The second-order valence-electron chi connectivity index (χ2n) is 8.19. The van der Waals surface area contributed by atoms with Crippen LogP contribution in [0, 0.1) is 13.8 Å². The van der Waals surface area contributed by atoms with Crippen molar-refractivity contribution in [1.29, 1.82) is 0 Å². The highest BCUT2D eigenvalue weighted by atomic mass is 32.2. The van der Waals surface area contributed by atoms with Crippen LogP contribution in [0.3, 0.4) is 0 Å². The quantitative estimate of drug-likeness (QED) is 0.666. The highest BCUT2D eigenvalue weighted by Gasteiger charge is 2.48. The first kappa shape index (κ1) is 23.4. The van der Waals surface area contributed by atoms with Crippen LogP contribution < -0.4 is 19.7 Å². The monoisotopic (exact) mass is 489 g/mol. The molecule has 0 aromatic heterocycles. The number of ether oxygens (including phenoxy) is 2. The molecule has 2 atom stereocenters. The van der Waals surface area contributed by atoms with Crippen molar-refractivity contribution in [3.8, 4) is 11.5 Å². The highest BCUT2D eigenvalue weighted by molar-refractivity contribution is 8.14. The second-order valence-corrected chi connectivity index (χ2v) is 11.3. The van der Waals surface area contributed by atoms with Gasteiger partial charge in [-0.25, -0.2) is 8.42 Å². The maximum absolute atomic E-state index is 12.7. The number of sulfone groups is 1. The first-order valence-corrected chi connectivity index (χ1v) is 13.3. The van der Waals surface area contributed by atoms with Crippen LogP contribution in [0.4, 0.5) is 11.4 Å². The number of rotatable bonds is 6. The Kier molecular flexibility index (Phi) is 6.58. The van der Waals surface area contributed by atoms with Crippen molar-refractivity contribution < 1.29 is 22.7 Å². The molecule has 33 heavy (non-hydrogen) atoms. The predicted octanol–water partition coefficient (Wildman–Crippen LogP) is 3.03. The summed E-state index contributed by atoms with van der Waals surface area (Å²) >= 11 is 1.29. The normalized spacial score (nSPS) is 20.8. The van der Waals surface area contributed by atoms with E-state index in [1.807, 2.05) is 36.9 Å². The van der Waals surface area contributed by atoms with Crippen molar-refractivity contribution in [2.75, 3.05) is 41.7 Å². The van der Waals surface area contributed by atoms with Crippen molar-refractivity contribution >= 4 is 44.0 Å². The molecule has 1 amide bonds. The standard InChI is InChI=1S/C23H27N3O5S2/c1-14-5-6-15(2)17(9-14)24-22(27)11-32-23-25-18-12-33(28,29)13-20(18)26(23)19-10-16(30-3)7-8-21(19)31-4/h5-10,18,20H,11-13H2,1-4H3,(H,24,27)/t18-,20-/m0/s1. The molecule has 176 valence electrons. The summed E-state index contributed by atoms with van der Waals surface area (Å²) in [7, 11) is -0.0647. The Morgan fingerprint density at radius 2 is 1.94 bits per heavy atom. The molecule has 0 unspecified atom stereocenters. The van der Waals surface area contributed by atoms with E-state index in [4.69, 9.17) is 14.5 Å². The summed E-state index contributed by atoms with van der Waals surface area (Å²) in [5, 5.41) is 3.56. The average molecular weight is 490 g/mol. The number of aliphatic imine (C=N–C) groups is 1. The fraction of sp³-hybridized carbons (Fsp3) is 0.391. The number of nitrogens with one attached hydrogen (secondary N) is 1. The third-order valence-electron chi connectivity index (χ3n) is 5.75. The van der Waals surface area contributed by atoms with Gasteiger partial charge in [-0.2, -0.15) is 0 Å². The minimum atomic E-state index is -3.20. The number of methoxy groups -OCH3 is 2. The first-order valence-electron chi connectivity index (χ1n) is 10.5. The molecule has 2 heterocycles. The van der Waals surface area contributed by atoms with E-state index < -0.39 is 9.84 Å². The number of carbonyl (C=O) groups excluding carboxylic acids is 1. The number of hydrogen-bond acceptors (Lipinski definition) is 8. The van der Waals surface area contributed by atoms with Gasteiger partial charge in [0.15, 0.2) is 15.0 Å². The Bertz CT molecular complexity index is 1210. The molecule has 8 nitrogen and oxygen atoms in total. The Morgan fingerprint density at radius 3 is 2.67 bits per heavy atom. The molecule has 0 spiro atoms. The number of thioether (sulfide) groups is 1. The Hall–Kier alpha value is -2.72. The number of carbonyl (C=O) groups is 1. The molecule has 0 radical (unpaired) electrons. The van der Waals surface area contributed by atoms with E-state index in [0.29, 0.717) is 22.4 Å². The molecule has 2 aliphatic rings. The fourth-order valence-corrected chi connectivity index (χ4v) is 6.85. The van der Waals surface area contributed by atoms with E-state index in [0.717, 1.165) is 16.8 Å². The second kappa shape index (κ2) is 9.26. The van der Waals surface area contributed by atoms with Crippen LogP contribution in [-0.4, -0.2) is 63.1 Å². The third-order valence-corrected chi connectivity index (χ3v) is 8.42. The third kappa shape index (κ3) is 4.96. The average Bonchev–Trinajstić information content (AvgIpc) is 3.25. The van der Waals surface area contributed by atoms with Crippen molar-refractivity contribution in [2.24, 2.45) is 4.99 Å². The summed E-state index contributed by atoms with van der Waals surface area (Å²) in [6.07, 6.45) is 0. The number of fused-ring (bicyclic) bond motifs is 1. The number of amides is 1. The summed E-state index contributed by atoms with van der Waals surface area (Å²) in [5.74, 6) is 1.18. The first-order chi connectivity index (χ1) is 15.7. The predicted molar refractivity (Wildman–Crippen MR) is 133 cm³/mol. The molecule has 2 aliphatic heterocycles. The van der Waals surface area contributed by atoms with Crippen LogP contribution in [0.15, 0.2) is 41.4 Å². The van der Waals surface area contributed by atoms with Gasteiger partial charge in [0.2, 0.25) is 5.91 Å². The van der Waals surface area contributed by atoms with E-state index >= 15 is 0 Å². The van der Waals surface area contributed by atoms with Gasteiger partial charge < -0.3 is 19.7 Å². The minimum Gasteiger partial charge on any atom is -0.497 e. The number of anilines is 2. The van der Waals surface area contributed by atoms with Gasteiger partial charge >= 0.3 is 0 Å². The Morgan fingerprint density at radius 1 is 1.15 bits per heavy atom. The molecule has 1 N–H and O–H groups in total. The zero-order chi connectivity index (χ0) is 23.8. The lowest BCUT2D eigenvalue weighted by Gasteiger charge is -2.28. The molecular formula is C23H27N3O5S2. The van der Waals surface area contributed by atoms with E-state index in [2.05, 4.69) is 5.32 Å². The maximum Gasteiger partial charge on any atom is 0.234 e. The molecule has 0 saturated carbocycles. The summed E-state index contributed by atoms with van der Waals surface area (Å²) < 4.78 is 35.5. The molecule has 2 aromatic rings. The molecule has 0 aliphatic carbocycles. The lowest BCUT2D eigenvalue weighted by molar-refractivity contribution is -0.113. The molecule has 2 aromatic carbocycles. The summed E-state index contributed by atoms with van der Waals surface area (Å²) in [5.41, 5.74) is 3.50. The van der Waals surface area contributed by atoms with Crippen LogP contribution in [0.5, 0.6) is 11.5 Å². The molecule has 1 saturated heterocycles. The van der Waals surface area contributed by atoms with Crippen LogP contribution in [0.1, 0.15) is 11.1 Å². The minimum absolute atomic E-state index is 0.000272. The van der Waals surface area contributed by atoms with Crippen LogP contribution >= 0.6 is 11.8 Å². The van der Waals surface area contributed by atoms with Crippen molar-refractivity contribution in [3.63, 3.8) is 0 Å². The molecule has 1 fully saturated rings. The largest absolute Gasteiger partial charge is 0.497 e. The Balaban J connectivity index is 1.58. The number of nitrogens with zero attached hydrogens (tertiary/aromatic N) is 2. The number of amidine groups is 1. The van der Waals surface area contributed by atoms with Crippen molar-refractivity contribution in [2.45, 2.75) is 25.9 Å². The summed E-state index contributed by atoms with van der Waals surface area (Å²) in [6, 6.07) is 10.5. The van der Waals surface area contributed by atoms with Crippen molar-refractivity contribution in [3.05, 3.63) is 47.5 Å². The van der Waals surface area contributed by atoms with Gasteiger partial charge in [-0.1, -0.05) is 23.9 Å². The van der Waals surface area contributed by atoms with Crippen LogP contribution in [0.2, 0.25) is 0 Å². The zero-order valence-corrected chi connectivity index (χ0v) is 20.6. The van der Waals surface area contributed by atoms with Gasteiger partial charge in [-0.15, -0.1) is 0 Å². The molecule has 10 heteroatoms. The van der Waals surface area contributed by atoms with E-state index in [9.17, 15) is 13.2 Å². The van der Waals surface area contributed by atoms with Gasteiger partial charge in [0.25, 0.3) is 0 Å². The van der Waals surface area contributed by atoms with Gasteiger partial charge in [0.05, 0.1) is 49.2 Å². The van der Waals surface area contributed by atoms with Crippen LogP contribution in [-0.2, 0) is 14.6 Å². The van der Waals surface area contributed by atoms with E-state index in [1.165, 1.54) is 11.8 Å². The lowest BCUT2D eigenvalue weighted by atomic mass is 10.1. The number of hydrogen-bond donors (Lipinski definition) is 1. The topological polar surface area (TPSA) is 97.3 Å². The maximum atomic E-state index is 12.7. The van der Waals surface area contributed by atoms with Gasteiger partial charge in [-0.05, 0) is 43.2 Å². The molecular weight excluding hydrogens is 462 g/mol. The summed E-state index contributed by atoms with van der Waals surface area (Å²) in [6.45, 7) is 3.92. The number of aryl methyl sites for hydroxylation is 2. The SMILES string of the molecule is COc1ccc(OC)c(N2C(SCC(=O)Nc3cc(C)ccc3C)=N[C@H]3CS(=O)(=O)C[C@@H]32)c1. The Labute approximate surface area is 198 Å².